The molecular weight excluding hydrogens is 116 g/mol. The minimum atomic E-state index is 0.799. The van der Waals surface area contributed by atoms with E-state index in [1.165, 1.54) is 6.39 Å². The molecule has 0 saturated carbocycles. The van der Waals surface area contributed by atoms with Crippen LogP contribution < -0.4 is 5.32 Å². The van der Waals surface area contributed by atoms with E-state index in [9.17, 15) is 0 Å². The van der Waals surface area contributed by atoms with E-state index in [1.54, 1.807) is 6.26 Å². The minimum absolute atomic E-state index is 0.799. The molecule has 0 aliphatic carbocycles. The molecule has 0 saturated heterocycles. The van der Waals surface area contributed by atoms with Crippen LogP contribution in [0.1, 0.15) is 12.6 Å². The Morgan fingerprint density at radius 3 is 3.22 bits per heavy atom. The van der Waals surface area contributed by atoms with Crippen molar-refractivity contribution < 1.29 is 4.42 Å². The lowest BCUT2D eigenvalue weighted by Crippen LogP contribution is -2.11. The van der Waals surface area contributed by atoms with Crippen LogP contribution in [0.5, 0.6) is 0 Å². The van der Waals surface area contributed by atoms with Gasteiger partial charge in [-0.05, 0) is 6.54 Å². The fourth-order valence-electron chi connectivity index (χ4n) is 0.578. The molecule has 3 heteroatoms. The molecule has 1 aromatic heterocycles. The number of hydrogen-bond acceptors (Lipinski definition) is 3. The van der Waals surface area contributed by atoms with E-state index in [2.05, 4.69) is 17.2 Å². The first kappa shape index (κ1) is 6.29. The third-order valence-corrected chi connectivity index (χ3v) is 1.04. The summed E-state index contributed by atoms with van der Waals surface area (Å²) in [6.07, 6.45) is 3.08. The van der Waals surface area contributed by atoms with Crippen LogP contribution in [-0.2, 0) is 6.54 Å². The number of nitrogens with zero attached hydrogens (tertiary/aromatic N) is 1. The topological polar surface area (TPSA) is 38.1 Å². The second kappa shape index (κ2) is 3.25. The first-order valence-corrected chi connectivity index (χ1v) is 3.01. The van der Waals surface area contributed by atoms with E-state index in [-0.39, 0.29) is 0 Å². The highest BCUT2D eigenvalue weighted by molar-refractivity contribution is 4.89. The monoisotopic (exact) mass is 126 g/mol. The van der Waals surface area contributed by atoms with Crippen LogP contribution in [0.3, 0.4) is 0 Å². The Balaban J connectivity index is 2.30. The molecule has 3 nitrogen and oxygen atoms in total. The maximum atomic E-state index is 4.76. The van der Waals surface area contributed by atoms with E-state index in [0.717, 1.165) is 18.8 Å². The van der Waals surface area contributed by atoms with Gasteiger partial charge < -0.3 is 9.73 Å². The van der Waals surface area contributed by atoms with Crippen molar-refractivity contribution >= 4 is 0 Å². The maximum absolute atomic E-state index is 4.76. The predicted octanol–water partition coefficient (Wildman–Crippen LogP) is 0.784. The Morgan fingerprint density at radius 2 is 2.67 bits per heavy atom. The van der Waals surface area contributed by atoms with Gasteiger partial charge in [-0.15, -0.1) is 0 Å². The molecule has 0 aliphatic rings. The van der Waals surface area contributed by atoms with Gasteiger partial charge in [0, 0.05) is 6.54 Å². The van der Waals surface area contributed by atoms with Crippen molar-refractivity contribution in [1.29, 1.82) is 0 Å². The van der Waals surface area contributed by atoms with Gasteiger partial charge in [0.2, 0.25) is 0 Å². The summed E-state index contributed by atoms with van der Waals surface area (Å²) in [6.45, 7) is 3.82. The van der Waals surface area contributed by atoms with E-state index >= 15 is 0 Å². The lowest BCUT2D eigenvalue weighted by Gasteiger charge is -1.92. The molecule has 0 atom stereocenters. The van der Waals surface area contributed by atoms with E-state index in [4.69, 9.17) is 4.42 Å². The van der Waals surface area contributed by atoms with E-state index < -0.39 is 0 Å². The first-order valence-electron chi connectivity index (χ1n) is 3.01. The summed E-state index contributed by atoms with van der Waals surface area (Å²) < 4.78 is 4.76. The standard InChI is InChI=1S/C6H10N2O/c1-2-7-3-6-4-9-5-8-6/h4-5,7H,2-3H2,1H3. The number of rotatable bonds is 3. The number of aromatic nitrogens is 1. The van der Waals surface area contributed by atoms with Gasteiger partial charge in [0.25, 0.3) is 0 Å². The molecule has 0 unspecified atom stereocenters. The summed E-state index contributed by atoms with van der Waals surface area (Å²) in [4.78, 5) is 3.92. The fourth-order valence-corrected chi connectivity index (χ4v) is 0.578. The van der Waals surface area contributed by atoms with Crippen LogP contribution >= 0.6 is 0 Å². The largest absolute Gasteiger partial charge is 0.451 e. The molecule has 0 spiro atoms. The molecule has 1 aromatic rings. The maximum Gasteiger partial charge on any atom is 0.180 e. The Bertz CT molecular complexity index is 148. The van der Waals surface area contributed by atoms with Gasteiger partial charge in [0.1, 0.15) is 6.26 Å². The lowest BCUT2D eigenvalue weighted by atomic mass is 10.5. The van der Waals surface area contributed by atoms with Crippen molar-refractivity contribution in [3.8, 4) is 0 Å². The van der Waals surface area contributed by atoms with Crippen LogP contribution in [0.25, 0.3) is 0 Å². The summed E-state index contributed by atoms with van der Waals surface area (Å²) in [7, 11) is 0. The van der Waals surface area contributed by atoms with Gasteiger partial charge in [0.15, 0.2) is 6.39 Å². The minimum Gasteiger partial charge on any atom is -0.451 e. The van der Waals surface area contributed by atoms with Crippen molar-refractivity contribution in [2.24, 2.45) is 0 Å². The number of oxazole rings is 1. The van der Waals surface area contributed by atoms with Crippen LogP contribution in [0.15, 0.2) is 17.1 Å². The molecule has 0 radical (unpaired) electrons. The highest BCUT2D eigenvalue weighted by Crippen LogP contribution is 1.91. The Hall–Kier alpha value is -0.830. The summed E-state index contributed by atoms with van der Waals surface area (Å²) in [6, 6.07) is 0. The average Bonchev–Trinajstić information content (AvgIpc) is 2.34. The van der Waals surface area contributed by atoms with Gasteiger partial charge in [-0.25, -0.2) is 4.98 Å². The van der Waals surface area contributed by atoms with Crippen LogP contribution in [0.2, 0.25) is 0 Å². The van der Waals surface area contributed by atoms with Crippen LogP contribution in [-0.4, -0.2) is 11.5 Å². The van der Waals surface area contributed by atoms with Gasteiger partial charge in [-0.2, -0.15) is 0 Å². The molecule has 1 N–H and O–H groups in total. The summed E-state index contributed by atoms with van der Waals surface area (Å²) >= 11 is 0. The molecule has 0 aromatic carbocycles. The molecule has 0 bridgehead atoms. The first-order chi connectivity index (χ1) is 4.43. The zero-order valence-corrected chi connectivity index (χ0v) is 5.42. The van der Waals surface area contributed by atoms with Crippen molar-refractivity contribution in [2.75, 3.05) is 6.54 Å². The van der Waals surface area contributed by atoms with Gasteiger partial charge in [-0.1, -0.05) is 6.92 Å². The molecular formula is C6H10N2O. The molecule has 50 valence electrons. The fraction of sp³-hybridized carbons (Fsp3) is 0.500. The summed E-state index contributed by atoms with van der Waals surface area (Å²) in [5, 5.41) is 3.13. The van der Waals surface area contributed by atoms with Crippen molar-refractivity contribution in [1.82, 2.24) is 10.3 Å². The SMILES string of the molecule is CCNCc1cocn1. The second-order valence-corrected chi connectivity index (χ2v) is 1.76. The molecule has 0 aliphatic heterocycles. The number of hydrogen-bond donors (Lipinski definition) is 1. The zero-order valence-electron chi connectivity index (χ0n) is 5.42. The summed E-state index contributed by atoms with van der Waals surface area (Å²) in [5.41, 5.74) is 0.955. The quantitative estimate of drug-likeness (QED) is 0.650. The van der Waals surface area contributed by atoms with E-state index in [1.807, 2.05) is 0 Å². The average molecular weight is 126 g/mol. The molecule has 9 heavy (non-hydrogen) atoms. The van der Waals surface area contributed by atoms with Crippen molar-refractivity contribution in [3.05, 3.63) is 18.4 Å². The molecule has 1 rings (SSSR count). The lowest BCUT2D eigenvalue weighted by molar-refractivity contribution is 0.555. The third-order valence-electron chi connectivity index (χ3n) is 1.04. The molecule has 1 heterocycles. The molecule has 0 amide bonds. The zero-order chi connectivity index (χ0) is 6.53. The van der Waals surface area contributed by atoms with Crippen molar-refractivity contribution in [3.63, 3.8) is 0 Å². The van der Waals surface area contributed by atoms with Gasteiger partial charge in [-0.3, -0.25) is 0 Å². The van der Waals surface area contributed by atoms with Gasteiger partial charge in [0.05, 0.1) is 5.69 Å². The number of nitrogens with one attached hydrogen (secondary N) is 1. The Kier molecular flexibility index (Phi) is 2.27. The van der Waals surface area contributed by atoms with E-state index in [0.29, 0.717) is 0 Å². The third kappa shape index (κ3) is 1.85. The normalized spacial score (nSPS) is 9.89. The highest BCUT2D eigenvalue weighted by atomic mass is 16.3. The van der Waals surface area contributed by atoms with Crippen LogP contribution in [0, 0.1) is 0 Å². The second-order valence-electron chi connectivity index (χ2n) is 1.76. The van der Waals surface area contributed by atoms with Crippen LogP contribution in [0.4, 0.5) is 0 Å². The van der Waals surface area contributed by atoms with Crippen molar-refractivity contribution in [2.45, 2.75) is 13.5 Å². The molecule has 0 fully saturated rings. The predicted molar refractivity (Wildman–Crippen MR) is 33.9 cm³/mol. The van der Waals surface area contributed by atoms with Gasteiger partial charge >= 0.3 is 0 Å². The Morgan fingerprint density at radius 1 is 1.78 bits per heavy atom. The smallest absolute Gasteiger partial charge is 0.180 e. The highest BCUT2D eigenvalue weighted by Gasteiger charge is 1.90. The Labute approximate surface area is 54.1 Å². The summed E-state index contributed by atoms with van der Waals surface area (Å²) in [5.74, 6) is 0.